The number of rotatable bonds is 6. The molecule has 0 saturated carbocycles. The van der Waals surface area contributed by atoms with Crippen LogP contribution in [0.25, 0.3) is 10.2 Å². The van der Waals surface area contributed by atoms with Gasteiger partial charge in [0.25, 0.3) is 5.91 Å². The highest BCUT2D eigenvalue weighted by Gasteiger charge is 2.24. The van der Waals surface area contributed by atoms with Crippen LogP contribution in [-0.2, 0) is 6.54 Å². The molecule has 3 aromatic carbocycles. The number of thiazole rings is 1. The van der Waals surface area contributed by atoms with Gasteiger partial charge in [-0.25, -0.2) is 9.78 Å². The van der Waals surface area contributed by atoms with E-state index >= 15 is 0 Å². The van der Waals surface area contributed by atoms with Crippen molar-refractivity contribution in [1.82, 2.24) is 15.2 Å². The molecule has 1 saturated heterocycles. The summed E-state index contributed by atoms with van der Waals surface area (Å²) in [5.74, 6) is -0.255. The lowest BCUT2D eigenvalue weighted by Gasteiger charge is -2.16. The molecule has 1 aliphatic rings. The summed E-state index contributed by atoms with van der Waals surface area (Å²) in [5.41, 5.74) is 3.97. The van der Waals surface area contributed by atoms with E-state index in [1.165, 1.54) is 16.9 Å². The topological polar surface area (TPSA) is 86.4 Å². The fourth-order valence-corrected chi connectivity index (χ4v) is 5.52. The molecule has 0 radical (unpaired) electrons. The van der Waals surface area contributed by atoms with E-state index in [-0.39, 0.29) is 18.0 Å². The van der Waals surface area contributed by atoms with E-state index in [4.69, 9.17) is 11.6 Å². The molecule has 1 atom stereocenters. The van der Waals surface area contributed by atoms with Crippen LogP contribution in [0.2, 0.25) is 5.02 Å². The minimum absolute atomic E-state index is 0.0895. The number of aromatic nitrogens is 1. The maximum atomic E-state index is 12.8. The highest BCUT2D eigenvalue weighted by atomic mass is 35.5. The first-order chi connectivity index (χ1) is 17.4. The molecular weight excluding hydrogens is 494 g/mol. The molecule has 1 aliphatic heterocycles. The van der Waals surface area contributed by atoms with Crippen molar-refractivity contribution >= 4 is 55.9 Å². The van der Waals surface area contributed by atoms with Crippen LogP contribution in [0.1, 0.15) is 27.9 Å². The Balaban J connectivity index is 1.18. The zero-order chi connectivity index (χ0) is 25.1. The summed E-state index contributed by atoms with van der Waals surface area (Å²) in [4.78, 5) is 32.3. The first-order valence-corrected chi connectivity index (χ1v) is 12.9. The summed E-state index contributed by atoms with van der Waals surface area (Å²) >= 11 is 7.57. The first-order valence-electron chi connectivity index (χ1n) is 11.8. The van der Waals surface area contributed by atoms with Gasteiger partial charge in [-0.3, -0.25) is 15.0 Å². The van der Waals surface area contributed by atoms with Gasteiger partial charge in [-0.1, -0.05) is 65.4 Å². The van der Waals surface area contributed by atoms with Gasteiger partial charge in [0.2, 0.25) is 0 Å². The van der Waals surface area contributed by atoms with Crippen molar-refractivity contribution in [2.45, 2.75) is 25.9 Å². The highest BCUT2D eigenvalue weighted by Crippen LogP contribution is 2.29. The van der Waals surface area contributed by atoms with Crippen molar-refractivity contribution in [3.63, 3.8) is 0 Å². The Morgan fingerprint density at radius 1 is 1.08 bits per heavy atom. The Kier molecular flexibility index (Phi) is 7.18. The third kappa shape index (κ3) is 5.67. The molecule has 36 heavy (non-hydrogen) atoms. The number of hydrogen-bond donors (Lipinski definition) is 3. The second-order valence-electron chi connectivity index (χ2n) is 8.89. The van der Waals surface area contributed by atoms with Crippen molar-refractivity contribution in [2.75, 3.05) is 23.7 Å². The molecule has 184 valence electrons. The predicted octanol–water partition coefficient (Wildman–Crippen LogP) is 5.91. The summed E-state index contributed by atoms with van der Waals surface area (Å²) in [5, 5.41) is 9.77. The first kappa shape index (κ1) is 24.2. The SMILES string of the molecule is Cc1cccc(Cl)c1NC(=O)c1ccc2nc(NC(=O)N[C@H]3CCN(Cc4ccccc4)C3)sc2c1. The zero-order valence-electron chi connectivity index (χ0n) is 19.8. The van der Waals surface area contributed by atoms with E-state index in [2.05, 4.69) is 38.0 Å². The lowest BCUT2D eigenvalue weighted by Crippen LogP contribution is -2.39. The van der Waals surface area contributed by atoms with Crippen molar-refractivity contribution < 1.29 is 9.59 Å². The Morgan fingerprint density at radius 3 is 2.72 bits per heavy atom. The molecule has 4 aromatic rings. The Morgan fingerprint density at radius 2 is 1.92 bits per heavy atom. The van der Waals surface area contributed by atoms with Gasteiger partial charge >= 0.3 is 6.03 Å². The zero-order valence-corrected chi connectivity index (χ0v) is 21.3. The van der Waals surface area contributed by atoms with E-state index in [9.17, 15) is 9.59 Å². The molecule has 0 aliphatic carbocycles. The van der Waals surface area contributed by atoms with Crippen LogP contribution in [0.4, 0.5) is 15.6 Å². The average molecular weight is 520 g/mol. The number of anilines is 2. The number of likely N-dealkylation sites (tertiary alicyclic amines) is 1. The third-order valence-electron chi connectivity index (χ3n) is 6.19. The molecule has 3 N–H and O–H groups in total. The van der Waals surface area contributed by atoms with Crippen LogP contribution < -0.4 is 16.0 Å². The fourth-order valence-electron chi connectivity index (χ4n) is 4.35. The molecule has 0 spiro atoms. The molecule has 3 amide bonds. The van der Waals surface area contributed by atoms with Crippen LogP contribution in [0.5, 0.6) is 0 Å². The minimum atomic E-state index is -0.271. The summed E-state index contributed by atoms with van der Waals surface area (Å²) < 4.78 is 0.809. The minimum Gasteiger partial charge on any atom is -0.334 e. The second kappa shape index (κ2) is 10.7. The summed E-state index contributed by atoms with van der Waals surface area (Å²) in [7, 11) is 0. The highest BCUT2D eigenvalue weighted by molar-refractivity contribution is 7.22. The van der Waals surface area contributed by atoms with E-state index < -0.39 is 0 Å². The molecule has 2 heterocycles. The number of benzene rings is 3. The van der Waals surface area contributed by atoms with Crippen LogP contribution in [-0.4, -0.2) is 41.0 Å². The molecule has 0 bridgehead atoms. The number of para-hydroxylation sites is 1. The lowest BCUT2D eigenvalue weighted by atomic mass is 10.1. The smallest absolute Gasteiger partial charge is 0.321 e. The van der Waals surface area contributed by atoms with Gasteiger partial charge in [-0.15, -0.1) is 0 Å². The number of aryl methyl sites for hydroxylation is 1. The Labute approximate surface area is 218 Å². The molecule has 5 rings (SSSR count). The number of fused-ring (bicyclic) bond motifs is 1. The number of halogens is 1. The number of carbonyl (C=O) groups excluding carboxylic acids is 2. The Hall–Kier alpha value is -3.46. The van der Waals surface area contributed by atoms with E-state index in [1.807, 2.05) is 37.3 Å². The number of nitrogens with zero attached hydrogens (tertiary/aromatic N) is 2. The van der Waals surface area contributed by atoms with Crippen molar-refractivity contribution in [1.29, 1.82) is 0 Å². The van der Waals surface area contributed by atoms with Crippen molar-refractivity contribution in [3.8, 4) is 0 Å². The average Bonchev–Trinajstić information content (AvgIpc) is 3.47. The van der Waals surface area contributed by atoms with Crippen LogP contribution in [0.15, 0.2) is 66.7 Å². The summed E-state index contributed by atoms with van der Waals surface area (Å²) in [6.07, 6.45) is 0.906. The predicted molar refractivity (Wildman–Crippen MR) is 146 cm³/mol. The normalized spacial score (nSPS) is 15.7. The molecule has 1 aromatic heterocycles. The van der Waals surface area contributed by atoms with E-state index in [0.29, 0.717) is 21.4 Å². The van der Waals surface area contributed by atoms with Gasteiger partial charge in [-0.2, -0.15) is 0 Å². The summed E-state index contributed by atoms with van der Waals surface area (Å²) in [6.45, 7) is 4.53. The number of nitrogens with one attached hydrogen (secondary N) is 3. The third-order valence-corrected chi connectivity index (χ3v) is 7.44. The standard InChI is InChI=1S/C27H26ClN5O2S/c1-17-6-5-9-21(28)24(17)31-25(34)19-10-11-22-23(14-19)36-27(30-22)32-26(35)29-20-12-13-33(16-20)15-18-7-3-2-4-8-18/h2-11,14,20H,12-13,15-16H2,1H3,(H,31,34)(H2,29,30,32,35)/t20-/m0/s1. The van der Waals surface area contributed by atoms with Crippen molar-refractivity contribution in [3.05, 3.63) is 88.4 Å². The van der Waals surface area contributed by atoms with Gasteiger partial charge < -0.3 is 10.6 Å². The van der Waals surface area contributed by atoms with Crippen LogP contribution >= 0.6 is 22.9 Å². The second-order valence-corrected chi connectivity index (χ2v) is 10.3. The summed E-state index contributed by atoms with van der Waals surface area (Å²) in [6, 6.07) is 20.9. The monoisotopic (exact) mass is 519 g/mol. The number of urea groups is 1. The maximum Gasteiger partial charge on any atom is 0.321 e. The number of amides is 3. The largest absolute Gasteiger partial charge is 0.334 e. The molecule has 1 fully saturated rings. The van der Waals surface area contributed by atoms with E-state index in [0.717, 1.165) is 41.8 Å². The maximum absolute atomic E-state index is 12.8. The lowest BCUT2D eigenvalue weighted by molar-refractivity contribution is 0.102. The molecule has 0 unspecified atom stereocenters. The fraction of sp³-hybridized carbons (Fsp3) is 0.222. The van der Waals surface area contributed by atoms with E-state index in [1.54, 1.807) is 24.3 Å². The van der Waals surface area contributed by atoms with Gasteiger partial charge in [0.05, 0.1) is 20.9 Å². The van der Waals surface area contributed by atoms with Crippen LogP contribution in [0, 0.1) is 6.92 Å². The van der Waals surface area contributed by atoms with Gasteiger partial charge in [0.1, 0.15) is 0 Å². The molecule has 9 heteroatoms. The number of hydrogen-bond acceptors (Lipinski definition) is 5. The Bertz CT molecular complexity index is 1390. The van der Waals surface area contributed by atoms with Crippen LogP contribution in [0.3, 0.4) is 0 Å². The number of carbonyl (C=O) groups is 2. The molecule has 7 nitrogen and oxygen atoms in total. The quantitative estimate of drug-likeness (QED) is 0.296. The van der Waals surface area contributed by atoms with Crippen molar-refractivity contribution in [2.24, 2.45) is 0 Å². The van der Waals surface area contributed by atoms with Gasteiger partial charge in [0, 0.05) is 31.2 Å². The van der Waals surface area contributed by atoms with Gasteiger partial charge in [0.15, 0.2) is 5.13 Å². The molecular formula is C27H26ClN5O2S. The van der Waals surface area contributed by atoms with Gasteiger partial charge in [-0.05, 0) is 48.7 Å².